The molecule has 1 saturated heterocycles. The Bertz CT molecular complexity index is 397. The second-order valence-electron chi connectivity index (χ2n) is 5.33. The highest BCUT2D eigenvalue weighted by atomic mass is 16.5. The van der Waals surface area contributed by atoms with Gasteiger partial charge in [-0.25, -0.2) is 0 Å². The largest absolute Gasteiger partial charge is 0.497 e. The Balaban J connectivity index is 2.14. The van der Waals surface area contributed by atoms with Gasteiger partial charge in [-0.05, 0) is 31.0 Å². The van der Waals surface area contributed by atoms with Gasteiger partial charge >= 0.3 is 0 Å². The lowest BCUT2D eigenvalue weighted by molar-refractivity contribution is 0.266. The van der Waals surface area contributed by atoms with E-state index < -0.39 is 0 Å². The Hall–Kier alpha value is -1.26. The number of anilines is 1. The van der Waals surface area contributed by atoms with Gasteiger partial charge in [-0.2, -0.15) is 0 Å². The number of aliphatic hydroxyl groups is 1. The molecule has 0 radical (unpaired) electrons. The van der Waals surface area contributed by atoms with E-state index in [-0.39, 0.29) is 6.61 Å². The lowest BCUT2D eigenvalue weighted by Crippen LogP contribution is -2.38. The fourth-order valence-corrected chi connectivity index (χ4v) is 2.58. The third kappa shape index (κ3) is 3.85. The Kier molecular flexibility index (Phi) is 5.05. The maximum atomic E-state index is 9.14. The van der Waals surface area contributed by atoms with Crippen molar-refractivity contribution in [3.05, 3.63) is 24.3 Å². The summed E-state index contributed by atoms with van der Waals surface area (Å²) >= 11 is 0. The van der Waals surface area contributed by atoms with Crippen molar-refractivity contribution >= 4 is 5.69 Å². The molecule has 1 heterocycles. The van der Waals surface area contributed by atoms with E-state index in [0.29, 0.717) is 12.0 Å². The predicted molar refractivity (Wildman–Crippen MR) is 77.9 cm³/mol. The van der Waals surface area contributed by atoms with Crippen LogP contribution in [0.5, 0.6) is 5.75 Å². The van der Waals surface area contributed by atoms with E-state index in [1.54, 1.807) is 7.11 Å². The molecule has 1 aromatic carbocycles. The van der Waals surface area contributed by atoms with Crippen LogP contribution in [0.4, 0.5) is 5.69 Å². The lowest BCUT2D eigenvalue weighted by Gasteiger charge is -2.27. The lowest BCUT2D eigenvalue weighted by atomic mass is 10.1. The van der Waals surface area contributed by atoms with Gasteiger partial charge in [0.2, 0.25) is 0 Å². The molecule has 0 amide bonds. The van der Waals surface area contributed by atoms with Crippen LogP contribution in [0.3, 0.4) is 0 Å². The summed E-state index contributed by atoms with van der Waals surface area (Å²) in [7, 11) is 1.69. The van der Waals surface area contributed by atoms with Crippen molar-refractivity contribution in [1.82, 2.24) is 5.32 Å². The van der Waals surface area contributed by atoms with E-state index >= 15 is 0 Å². The number of methoxy groups -OCH3 is 1. The second-order valence-corrected chi connectivity index (χ2v) is 5.33. The zero-order valence-corrected chi connectivity index (χ0v) is 11.8. The van der Waals surface area contributed by atoms with Crippen LogP contribution >= 0.6 is 0 Å². The Morgan fingerprint density at radius 3 is 3.00 bits per heavy atom. The summed E-state index contributed by atoms with van der Waals surface area (Å²) in [5.74, 6) is 1.48. The molecular weight excluding hydrogens is 240 g/mol. The normalized spacial score (nSPS) is 24.1. The van der Waals surface area contributed by atoms with Crippen molar-refractivity contribution in [1.29, 1.82) is 0 Å². The van der Waals surface area contributed by atoms with Crippen molar-refractivity contribution in [2.75, 3.05) is 38.3 Å². The molecule has 1 aliphatic rings. The molecule has 19 heavy (non-hydrogen) atoms. The van der Waals surface area contributed by atoms with Crippen molar-refractivity contribution < 1.29 is 9.84 Å². The van der Waals surface area contributed by atoms with Gasteiger partial charge in [-0.1, -0.05) is 13.0 Å². The average Bonchev–Trinajstić information content (AvgIpc) is 2.62. The van der Waals surface area contributed by atoms with E-state index in [1.165, 1.54) is 5.69 Å². The van der Waals surface area contributed by atoms with Crippen molar-refractivity contribution in [2.24, 2.45) is 5.92 Å². The first-order valence-corrected chi connectivity index (χ1v) is 6.96. The predicted octanol–water partition coefficient (Wildman–Crippen LogP) is 1.49. The van der Waals surface area contributed by atoms with Gasteiger partial charge in [-0.15, -0.1) is 0 Å². The number of benzene rings is 1. The number of ether oxygens (including phenoxy) is 1. The van der Waals surface area contributed by atoms with Crippen LogP contribution in [0.25, 0.3) is 0 Å². The first-order valence-electron chi connectivity index (χ1n) is 6.96. The molecule has 0 saturated carbocycles. The Labute approximate surface area is 115 Å². The summed E-state index contributed by atoms with van der Waals surface area (Å²) in [5, 5.41) is 12.7. The van der Waals surface area contributed by atoms with E-state index in [4.69, 9.17) is 9.84 Å². The average molecular weight is 264 g/mol. The molecule has 2 rings (SSSR count). The minimum absolute atomic E-state index is 0.234. The smallest absolute Gasteiger partial charge is 0.120 e. The number of rotatable bonds is 4. The van der Waals surface area contributed by atoms with Gasteiger partial charge in [0.1, 0.15) is 5.75 Å². The van der Waals surface area contributed by atoms with Crippen LogP contribution in [-0.2, 0) is 0 Å². The highest BCUT2D eigenvalue weighted by Crippen LogP contribution is 2.23. The summed E-state index contributed by atoms with van der Waals surface area (Å²) < 4.78 is 5.30. The zero-order chi connectivity index (χ0) is 13.7. The Morgan fingerprint density at radius 2 is 2.26 bits per heavy atom. The Morgan fingerprint density at radius 1 is 1.42 bits per heavy atom. The van der Waals surface area contributed by atoms with Crippen LogP contribution in [0, 0.1) is 5.92 Å². The minimum atomic E-state index is 0.234. The van der Waals surface area contributed by atoms with E-state index in [0.717, 1.165) is 31.8 Å². The molecule has 0 aromatic heterocycles. The van der Waals surface area contributed by atoms with E-state index in [2.05, 4.69) is 29.3 Å². The molecule has 1 aliphatic heterocycles. The van der Waals surface area contributed by atoms with Crippen molar-refractivity contribution in [2.45, 2.75) is 19.4 Å². The summed E-state index contributed by atoms with van der Waals surface area (Å²) in [6, 6.07) is 8.54. The first kappa shape index (κ1) is 14.2. The van der Waals surface area contributed by atoms with Gasteiger partial charge in [0, 0.05) is 37.5 Å². The fourth-order valence-electron chi connectivity index (χ4n) is 2.58. The van der Waals surface area contributed by atoms with E-state index in [1.807, 2.05) is 12.1 Å². The summed E-state index contributed by atoms with van der Waals surface area (Å²) in [6.45, 7) is 5.45. The molecule has 1 aromatic rings. The number of hydrogen-bond acceptors (Lipinski definition) is 4. The molecule has 0 bridgehead atoms. The van der Waals surface area contributed by atoms with Gasteiger partial charge in [0.05, 0.1) is 7.11 Å². The molecule has 2 N–H and O–H groups in total. The maximum Gasteiger partial charge on any atom is 0.120 e. The molecule has 2 unspecified atom stereocenters. The quantitative estimate of drug-likeness (QED) is 0.865. The number of nitrogens with zero attached hydrogens (tertiary/aromatic N) is 1. The molecular formula is C15H24N2O2. The summed E-state index contributed by atoms with van der Waals surface area (Å²) in [6.07, 6.45) is 0.799. The standard InChI is InChI=1S/C15H24N2O2/c1-12-9-16-13(6-7-18)11-17(10-12)14-4-3-5-15(8-14)19-2/h3-5,8,12-13,16,18H,6-7,9-11H2,1-2H3. The topological polar surface area (TPSA) is 44.7 Å². The number of nitrogens with one attached hydrogen (secondary N) is 1. The second kappa shape index (κ2) is 6.78. The van der Waals surface area contributed by atoms with Gasteiger partial charge in [0.15, 0.2) is 0 Å². The molecule has 0 spiro atoms. The fraction of sp³-hybridized carbons (Fsp3) is 0.600. The van der Waals surface area contributed by atoms with Crippen LogP contribution in [0.2, 0.25) is 0 Å². The molecule has 4 nitrogen and oxygen atoms in total. The van der Waals surface area contributed by atoms with Crippen LogP contribution in [0.15, 0.2) is 24.3 Å². The van der Waals surface area contributed by atoms with Crippen molar-refractivity contribution in [3.8, 4) is 5.75 Å². The van der Waals surface area contributed by atoms with Crippen LogP contribution < -0.4 is 15.0 Å². The molecule has 1 fully saturated rings. The molecule has 2 atom stereocenters. The highest BCUT2D eigenvalue weighted by Gasteiger charge is 2.21. The third-order valence-corrected chi connectivity index (χ3v) is 3.62. The van der Waals surface area contributed by atoms with Crippen molar-refractivity contribution in [3.63, 3.8) is 0 Å². The zero-order valence-electron chi connectivity index (χ0n) is 11.8. The molecule has 4 heteroatoms. The van der Waals surface area contributed by atoms with Gasteiger partial charge < -0.3 is 20.1 Å². The summed E-state index contributed by atoms with van der Waals surface area (Å²) in [5.41, 5.74) is 1.19. The maximum absolute atomic E-state index is 9.14. The van der Waals surface area contributed by atoms with Crippen LogP contribution in [-0.4, -0.2) is 44.5 Å². The molecule has 106 valence electrons. The first-order chi connectivity index (χ1) is 9.22. The molecule has 0 aliphatic carbocycles. The van der Waals surface area contributed by atoms with Gasteiger partial charge in [-0.3, -0.25) is 0 Å². The number of hydrogen-bond donors (Lipinski definition) is 2. The van der Waals surface area contributed by atoms with Gasteiger partial charge in [0.25, 0.3) is 0 Å². The summed E-state index contributed by atoms with van der Waals surface area (Å²) in [4.78, 5) is 2.38. The third-order valence-electron chi connectivity index (χ3n) is 3.62. The number of aliphatic hydroxyl groups excluding tert-OH is 1. The SMILES string of the molecule is COc1cccc(N2CC(C)CNC(CCO)C2)c1. The van der Waals surface area contributed by atoms with Crippen LogP contribution in [0.1, 0.15) is 13.3 Å². The monoisotopic (exact) mass is 264 g/mol. The highest BCUT2D eigenvalue weighted by molar-refractivity contribution is 5.51. The minimum Gasteiger partial charge on any atom is -0.497 e. The van der Waals surface area contributed by atoms with E-state index in [9.17, 15) is 0 Å².